The zero-order valence-corrected chi connectivity index (χ0v) is 13.9. The van der Waals surface area contributed by atoms with Crippen molar-refractivity contribution in [2.45, 2.75) is 54.0 Å². The fraction of sp³-hybridized carbons (Fsp3) is 0.647. The second-order valence-electron chi connectivity index (χ2n) is 4.14. The quantitative estimate of drug-likeness (QED) is 0.763. The molecule has 0 spiro atoms. The van der Waals surface area contributed by atoms with Crippen molar-refractivity contribution in [3.05, 3.63) is 36.6 Å². The summed E-state index contributed by atoms with van der Waals surface area (Å²) in [5.41, 5.74) is 1.36. The molecular weight excluding hydrogens is 232 g/mol. The second kappa shape index (κ2) is 15.0. The van der Waals surface area contributed by atoms with Gasteiger partial charge in [0.2, 0.25) is 0 Å². The van der Waals surface area contributed by atoms with Gasteiger partial charge in [-0.15, -0.1) is 0 Å². The van der Waals surface area contributed by atoms with Crippen LogP contribution in [0.25, 0.3) is 0 Å². The molecule has 0 saturated carbocycles. The van der Waals surface area contributed by atoms with Gasteiger partial charge in [-0.05, 0) is 25.6 Å². The maximum atomic E-state index is 3.86. The van der Waals surface area contributed by atoms with Gasteiger partial charge in [-0.25, -0.2) is 0 Å². The Kier molecular flexibility index (Phi) is 16.1. The van der Waals surface area contributed by atoms with E-state index in [2.05, 4.69) is 62.7 Å². The van der Waals surface area contributed by atoms with E-state index in [1.807, 2.05) is 20.0 Å². The lowest BCUT2D eigenvalue weighted by Gasteiger charge is -2.36. The van der Waals surface area contributed by atoms with E-state index in [0.717, 1.165) is 19.6 Å². The Balaban J connectivity index is 0. The van der Waals surface area contributed by atoms with Crippen molar-refractivity contribution in [3.8, 4) is 0 Å². The van der Waals surface area contributed by atoms with Crippen LogP contribution in [0.1, 0.15) is 48.0 Å². The number of hydrogen-bond acceptors (Lipinski definition) is 2. The number of piperazine rings is 1. The fourth-order valence-corrected chi connectivity index (χ4v) is 1.84. The van der Waals surface area contributed by atoms with Crippen LogP contribution in [0, 0.1) is 0 Å². The lowest BCUT2D eigenvalue weighted by Crippen LogP contribution is -2.49. The SMILES string of the molecule is C=CN1CCNCC1C(/C=C\C)=C/C.CC.CCC. The molecule has 0 bridgehead atoms. The zero-order chi connectivity index (χ0) is 15.1. The van der Waals surface area contributed by atoms with Gasteiger partial charge in [-0.1, -0.05) is 58.9 Å². The van der Waals surface area contributed by atoms with Crippen LogP contribution >= 0.6 is 0 Å². The van der Waals surface area contributed by atoms with Crippen LogP contribution in [-0.4, -0.2) is 30.6 Å². The summed E-state index contributed by atoms with van der Waals surface area (Å²) >= 11 is 0. The maximum absolute atomic E-state index is 3.86. The zero-order valence-electron chi connectivity index (χ0n) is 13.9. The molecule has 19 heavy (non-hydrogen) atoms. The fourth-order valence-electron chi connectivity index (χ4n) is 1.84. The van der Waals surface area contributed by atoms with E-state index >= 15 is 0 Å². The maximum Gasteiger partial charge on any atom is 0.0658 e. The first-order chi connectivity index (χ1) is 9.24. The average Bonchev–Trinajstić information content (AvgIpc) is 2.47. The van der Waals surface area contributed by atoms with E-state index in [1.54, 1.807) is 0 Å². The summed E-state index contributed by atoms with van der Waals surface area (Å²) in [7, 11) is 0. The first-order valence-corrected chi connectivity index (χ1v) is 7.62. The third-order valence-corrected chi connectivity index (χ3v) is 2.60. The summed E-state index contributed by atoms with van der Waals surface area (Å²) in [6, 6.07) is 0.447. The highest BCUT2D eigenvalue weighted by Crippen LogP contribution is 2.14. The minimum absolute atomic E-state index is 0.447. The van der Waals surface area contributed by atoms with Crippen molar-refractivity contribution < 1.29 is 0 Å². The molecule has 112 valence electrons. The van der Waals surface area contributed by atoms with Crippen LogP contribution in [0.4, 0.5) is 0 Å². The average molecular weight is 266 g/mol. The second-order valence-corrected chi connectivity index (χ2v) is 4.14. The van der Waals surface area contributed by atoms with E-state index in [9.17, 15) is 0 Å². The number of hydrogen-bond donors (Lipinski definition) is 1. The molecule has 1 atom stereocenters. The minimum atomic E-state index is 0.447. The third kappa shape index (κ3) is 8.66. The highest BCUT2D eigenvalue weighted by atomic mass is 15.2. The first-order valence-electron chi connectivity index (χ1n) is 7.62. The van der Waals surface area contributed by atoms with E-state index in [1.165, 1.54) is 12.0 Å². The molecule has 2 heteroatoms. The Labute approximate surface area is 121 Å². The molecule has 0 aliphatic carbocycles. The predicted molar refractivity (Wildman–Crippen MR) is 89.4 cm³/mol. The molecule has 1 N–H and O–H groups in total. The predicted octanol–water partition coefficient (Wildman–Crippen LogP) is 4.37. The van der Waals surface area contributed by atoms with Gasteiger partial charge < -0.3 is 10.2 Å². The van der Waals surface area contributed by atoms with Gasteiger partial charge in [-0.3, -0.25) is 0 Å². The first kappa shape index (κ1) is 20.3. The monoisotopic (exact) mass is 266 g/mol. The molecule has 1 rings (SSSR count). The van der Waals surface area contributed by atoms with Crippen molar-refractivity contribution >= 4 is 0 Å². The topological polar surface area (TPSA) is 15.3 Å². The van der Waals surface area contributed by atoms with Gasteiger partial charge in [0, 0.05) is 19.6 Å². The lowest BCUT2D eigenvalue weighted by molar-refractivity contribution is 0.260. The van der Waals surface area contributed by atoms with Gasteiger partial charge in [0.25, 0.3) is 0 Å². The van der Waals surface area contributed by atoms with E-state index in [0.29, 0.717) is 6.04 Å². The van der Waals surface area contributed by atoms with E-state index in [4.69, 9.17) is 0 Å². The number of allylic oxidation sites excluding steroid dienone is 2. The molecule has 1 saturated heterocycles. The minimum Gasteiger partial charge on any atom is -0.368 e. The van der Waals surface area contributed by atoms with Crippen molar-refractivity contribution in [3.63, 3.8) is 0 Å². The highest BCUT2D eigenvalue weighted by molar-refractivity contribution is 5.25. The molecule has 1 heterocycles. The molecule has 0 radical (unpaired) electrons. The Hall–Kier alpha value is -1.02. The van der Waals surface area contributed by atoms with Crippen molar-refractivity contribution in [1.82, 2.24) is 10.2 Å². The molecule has 1 unspecified atom stereocenters. The van der Waals surface area contributed by atoms with Crippen LogP contribution in [0.2, 0.25) is 0 Å². The molecule has 0 aromatic carbocycles. The third-order valence-electron chi connectivity index (χ3n) is 2.60. The van der Waals surface area contributed by atoms with E-state index < -0.39 is 0 Å². The Morgan fingerprint density at radius 1 is 1.32 bits per heavy atom. The summed E-state index contributed by atoms with van der Waals surface area (Å²) in [6.07, 6.45) is 9.63. The van der Waals surface area contributed by atoms with Crippen LogP contribution < -0.4 is 5.32 Å². The molecule has 0 aromatic heterocycles. The van der Waals surface area contributed by atoms with E-state index in [-0.39, 0.29) is 0 Å². The standard InChI is InChI=1S/C12H20N2.C3H8.C2H6/c1-4-7-11(5-2)12-10-13-8-9-14(12)6-3;1-3-2;1-2/h4-7,12-13H,3,8-10H2,1-2H3;3H2,1-2H3;1-2H3/b7-4-,11-5+;;. The van der Waals surface area contributed by atoms with Crippen molar-refractivity contribution in [2.24, 2.45) is 0 Å². The summed E-state index contributed by atoms with van der Waals surface area (Å²) in [6.45, 7) is 19.4. The lowest BCUT2D eigenvalue weighted by atomic mass is 10.0. The molecule has 1 fully saturated rings. The summed E-state index contributed by atoms with van der Waals surface area (Å²) in [5.74, 6) is 0. The number of nitrogens with zero attached hydrogens (tertiary/aromatic N) is 1. The molecular formula is C17H34N2. The van der Waals surface area contributed by atoms with Crippen LogP contribution in [-0.2, 0) is 0 Å². The van der Waals surface area contributed by atoms with Crippen molar-refractivity contribution in [2.75, 3.05) is 19.6 Å². The summed E-state index contributed by atoms with van der Waals surface area (Å²) < 4.78 is 0. The van der Waals surface area contributed by atoms with Gasteiger partial charge in [0.05, 0.1) is 6.04 Å². The van der Waals surface area contributed by atoms with Crippen LogP contribution in [0.5, 0.6) is 0 Å². The Morgan fingerprint density at radius 3 is 2.32 bits per heavy atom. The molecule has 0 amide bonds. The van der Waals surface area contributed by atoms with Gasteiger partial charge >= 0.3 is 0 Å². The number of rotatable bonds is 3. The largest absolute Gasteiger partial charge is 0.368 e. The van der Waals surface area contributed by atoms with Crippen LogP contribution in [0.3, 0.4) is 0 Å². The van der Waals surface area contributed by atoms with Gasteiger partial charge in [-0.2, -0.15) is 0 Å². The smallest absolute Gasteiger partial charge is 0.0658 e. The normalized spacial score (nSPS) is 19.2. The van der Waals surface area contributed by atoms with Gasteiger partial charge in [0.15, 0.2) is 0 Å². The molecule has 1 aliphatic heterocycles. The Morgan fingerprint density at radius 2 is 1.89 bits per heavy atom. The summed E-state index contributed by atoms with van der Waals surface area (Å²) in [5, 5.41) is 3.41. The Bertz CT molecular complexity index is 254. The highest BCUT2D eigenvalue weighted by Gasteiger charge is 2.20. The molecule has 1 aliphatic rings. The number of nitrogens with one attached hydrogen (secondary N) is 1. The van der Waals surface area contributed by atoms with Gasteiger partial charge in [0.1, 0.15) is 0 Å². The van der Waals surface area contributed by atoms with Crippen molar-refractivity contribution in [1.29, 1.82) is 0 Å². The molecule has 0 aromatic rings. The summed E-state index contributed by atoms with van der Waals surface area (Å²) in [4.78, 5) is 2.30. The van der Waals surface area contributed by atoms with Crippen LogP contribution in [0.15, 0.2) is 36.6 Å². The molecule has 2 nitrogen and oxygen atoms in total.